The highest BCUT2D eigenvalue weighted by Crippen LogP contribution is 2.21. The molecule has 2 rings (SSSR count). The van der Waals surface area contributed by atoms with E-state index in [9.17, 15) is 35.9 Å². The molecule has 0 aromatic heterocycles. The summed E-state index contributed by atoms with van der Waals surface area (Å²) in [5.74, 6) is -0.984. The standard InChI is InChI=1S/C17H19F6N3O3/c18-16(19,20)9-14(27)25-5-7-26(8-6-25)15(28)24-10-12-1-3-13(4-2-12)29-11-17(21,22)23/h1-4H,5-11H2,(H,24,28). The smallest absolute Gasteiger partial charge is 0.422 e. The minimum absolute atomic E-state index is 0.00751. The Hall–Kier alpha value is -2.66. The largest absolute Gasteiger partial charge is 0.484 e. The number of nitrogens with zero attached hydrogens (tertiary/aromatic N) is 2. The van der Waals surface area contributed by atoms with Crippen molar-refractivity contribution in [1.29, 1.82) is 0 Å². The van der Waals surface area contributed by atoms with Crippen LogP contribution in [0.2, 0.25) is 0 Å². The van der Waals surface area contributed by atoms with Gasteiger partial charge in [-0.1, -0.05) is 12.1 Å². The molecule has 12 heteroatoms. The molecular formula is C17H19F6N3O3. The van der Waals surface area contributed by atoms with E-state index in [0.29, 0.717) is 5.56 Å². The van der Waals surface area contributed by atoms with Gasteiger partial charge in [-0.15, -0.1) is 0 Å². The molecule has 1 fully saturated rings. The maximum absolute atomic E-state index is 12.3. The van der Waals surface area contributed by atoms with E-state index in [1.807, 2.05) is 0 Å². The summed E-state index contributed by atoms with van der Waals surface area (Å²) in [4.78, 5) is 26.1. The molecule has 1 aliphatic rings. The van der Waals surface area contributed by atoms with Gasteiger partial charge in [0.25, 0.3) is 0 Å². The molecule has 0 spiro atoms. The zero-order valence-electron chi connectivity index (χ0n) is 15.1. The van der Waals surface area contributed by atoms with Crippen molar-refractivity contribution < 1.29 is 40.7 Å². The van der Waals surface area contributed by atoms with Crippen molar-refractivity contribution >= 4 is 11.9 Å². The van der Waals surface area contributed by atoms with Gasteiger partial charge < -0.3 is 19.9 Å². The lowest BCUT2D eigenvalue weighted by Gasteiger charge is -2.34. The van der Waals surface area contributed by atoms with E-state index < -0.39 is 37.3 Å². The predicted molar refractivity (Wildman–Crippen MR) is 89.1 cm³/mol. The molecule has 1 aromatic rings. The van der Waals surface area contributed by atoms with Crippen LogP contribution in [0.1, 0.15) is 12.0 Å². The van der Waals surface area contributed by atoms with Crippen LogP contribution >= 0.6 is 0 Å². The van der Waals surface area contributed by atoms with Crippen LogP contribution in [0.15, 0.2) is 24.3 Å². The van der Waals surface area contributed by atoms with Crippen LogP contribution in [0.25, 0.3) is 0 Å². The molecule has 1 aromatic carbocycles. The maximum atomic E-state index is 12.3. The van der Waals surface area contributed by atoms with Crippen molar-refractivity contribution in [3.8, 4) is 5.75 Å². The van der Waals surface area contributed by atoms with E-state index in [4.69, 9.17) is 0 Å². The van der Waals surface area contributed by atoms with E-state index in [1.165, 1.54) is 29.2 Å². The maximum Gasteiger partial charge on any atom is 0.422 e. The quantitative estimate of drug-likeness (QED) is 0.736. The topological polar surface area (TPSA) is 61.9 Å². The molecule has 0 bridgehead atoms. The third-order valence-electron chi connectivity index (χ3n) is 4.04. The molecule has 1 aliphatic heterocycles. The van der Waals surface area contributed by atoms with Crippen LogP contribution in [0.4, 0.5) is 31.1 Å². The molecule has 1 saturated heterocycles. The lowest BCUT2D eigenvalue weighted by atomic mass is 10.2. The number of piperazine rings is 1. The van der Waals surface area contributed by atoms with Crippen LogP contribution in [-0.2, 0) is 11.3 Å². The van der Waals surface area contributed by atoms with Crippen molar-refractivity contribution in [3.63, 3.8) is 0 Å². The molecule has 1 N–H and O–H groups in total. The molecule has 0 unspecified atom stereocenters. The van der Waals surface area contributed by atoms with Gasteiger partial charge in [-0.2, -0.15) is 26.3 Å². The van der Waals surface area contributed by atoms with Crippen LogP contribution in [0.3, 0.4) is 0 Å². The van der Waals surface area contributed by atoms with Gasteiger partial charge in [0.1, 0.15) is 12.2 Å². The summed E-state index contributed by atoms with van der Waals surface area (Å²) in [6, 6.07) is 5.24. The van der Waals surface area contributed by atoms with E-state index >= 15 is 0 Å². The molecule has 0 atom stereocenters. The minimum Gasteiger partial charge on any atom is -0.484 e. The highest BCUT2D eigenvalue weighted by Gasteiger charge is 2.34. The van der Waals surface area contributed by atoms with Gasteiger partial charge >= 0.3 is 18.4 Å². The number of benzene rings is 1. The summed E-state index contributed by atoms with van der Waals surface area (Å²) >= 11 is 0. The number of amides is 3. The number of alkyl halides is 6. The summed E-state index contributed by atoms with van der Waals surface area (Å²) in [6.45, 7) is -1.09. The van der Waals surface area contributed by atoms with Crippen molar-refractivity contribution in [2.75, 3.05) is 32.8 Å². The highest BCUT2D eigenvalue weighted by atomic mass is 19.4. The second-order valence-corrected chi connectivity index (χ2v) is 6.37. The third kappa shape index (κ3) is 8.08. The van der Waals surface area contributed by atoms with Crippen molar-refractivity contribution in [2.24, 2.45) is 0 Å². The van der Waals surface area contributed by atoms with Crippen molar-refractivity contribution in [1.82, 2.24) is 15.1 Å². The fourth-order valence-electron chi connectivity index (χ4n) is 2.60. The molecular weight excluding hydrogens is 408 g/mol. The van der Waals surface area contributed by atoms with Gasteiger partial charge in [0.2, 0.25) is 5.91 Å². The number of hydrogen-bond donors (Lipinski definition) is 1. The number of rotatable bonds is 5. The number of nitrogens with one attached hydrogen (secondary N) is 1. The average Bonchev–Trinajstić information content (AvgIpc) is 2.63. The molecule has 0 aliphatic carbocycles. The Morgan fingerprint density at radius 1 is 0.897 bits per heavy atom. The van der Waals surface area contributed by atoms with Crippen LogP contribution < -0.4 is 10.1 Å². The Bertz CT molecular complexity index is 698. The van der Waals surface area contributed by atoms with E-state index in [2.05, 4.69) is 10.1 Å². The first-order valence-electron chi connectivity index (χ1n) is 8.59. The second kappa shape index (κ2) is 9.23. The number of carbonyl (C=O) groups excluding carboxylic acids is 2. The first-order chi connectivity index (χ1) is 13.4. The normalized spacial score (nSPS) is 15.2. The molecule has 0 saturated carbocycles. The van der Waals surface area contributed by atoms with Gasteiger partial charge in [0.05, 0.1) is 0 Å². The van der Waals surface area contributed by atoms with E-state index in [-0.39, 0.29) is 38.5 Å². The van der Waals surface area contributed by atoms with Gasteiger partial charge in [-0.3, -0.25) is 4.79 Å². The first kappa shape index (κ1) is 22.6. The lowest BCUT2D eigenvalue weighted by Crippen LogP contribution is -2.53. The SMILES string of the molecule is O=C(CC(F)(F)F)N1CCN(C(=O)NCc2ccc(OCC(F)(F)F)cc2)CC1. The Kier molecular flexibility index (Phi) is 7.20. The number of hydrogen-bond acceptors (Lipinski definition) is 3. The van der Waals surface area contributed by atoms with Crippen molar-refractivity contribution in [2.45, 2.75) is 25.3 Å². The lowest BCUT2D eigenvalue weighted by molar-refractivity contribution is -0.162. The Balaban J connectivity index is 1.74. The Morgan fingerprint density at radius 2 is 1.45 bits per heavy atom. The monoisotopic (exact) mass is 427 g/mol. The van der Waals surface area contributed by atoms with Gasteiger partial charge in [-0.05, 0) is 17.7 Å². The summed E-state index contributed by atoms with van der Waals surface area (Å²) in [7, 11) is 0. The predicted octanol–water partition coefficient (Wildman–Crippen LogP) is 2.93. The Labute approximate surface area is 162 Å². The van der Waals surface area contributed by atoms with E-state index in [0.717, 1.165) is 4.90 Å². The summed E-state index contributed by atoms with van der Waals surface area (Å²) < 4.78 is 77.7. The van der Waals surface area contributed by atoms with Gasteiger partial charge in [-0.25, -0.2) is 4.79 Å². The summed E-state index contributed by atoms with van der Waals surface area (Å²) in [5, 5.41) is 2.61. The fraction of sp³-hybridized carbons (Fsp3) is 0.529. The van der Waals surface area contributed by atoms with Gasteiger partial charge in [0.15, 0.2) is 6.61 Å². The molecule has 29 heavy (non-hydrogen) atoms. The molecule has 0 radical (unpaired) electrons. The first-order valence-corrected chi connectivity index (χ1v) is 8.59. The number of halogens is 6. The van der Waals surface area contributed by atoms with Crippen LogP contribution in [0, 0.1) is 0 Å². The molecule has 162 valence electrons. The summed E-state index contributed by atoms with van der Waals surface area (Å²) in [6.07, 6.45) is -10.5. The number of carbonyl (C=O) groups is 2. The second-order valence-electron chi connectivity index (χ2n) is 6.37. The zero-order valence-corrected chi connectivity index (χ0v) is 15.1. The highest BCUT2D eigenvalue weighted by molar-refractivity contribution is 5.78. The zero-order chi connectivity index (χ0) is 21.7. The van der Waals surface area contributed by atoms with Crippen molar-refractivity contribution in [3.05, 3.63) is 29.8 Å². The summed E-state index contributed by atoms with van der Waals surface area (Å²) in [5.41, 5.74) is 0.622. The molecule has 3 amide bonds. The Morgan fingerprint density at radius 3 is 1.97 bits per heavy atom. The third-order valence-corrected chi connectivity index (χ3v) is 4.04. The van der Waals surface area contributed by atoms with Crippen LogP contribution in [0.5, 0.6) is 5.75 Å². The minimum atomic E-state index is -4.57. The average molecular weight is 427 g/mol. The van der Waals surface area contributed by atoms with Crippen LogP contribution in [-0.4, -0.2) is 66.9 Å². The number of ether oxygens (including phenoxy) is 1. The molecule has 6 nitrogen and oxygen atoms in total. The van der Waals surface area contributed by atoms with E-state index in [1.54, 1.807) is 0 Å². The fourth-order valence-corrected chi connectivity index (χ4v) is 2.60. The molecule has 1 heterocycles. The number of urea groups is 1. The van der Waals surface area contributed by atoms with Gasteiger partial charge in [0, 0.05) is 32.7 Å².